The second-order valence-corrected chi connectivity index (χ2v) is 3.61. The van der Waals surface area contributed by atoms with Crippen LogP contribution >= 0.6 is 0 Å². The van der Waals surface area contributed by atoms with E-state index in [1.165, 1.54) is 0 Å². The van der Waals surface area contributed by atoms with Crippen LogP contribution in [-0.2, 0) is 4.79 Å². The van der Waals surface area contributed by atoms with E-state index in [0.29, 0.717) is 5.92 Å². The number of carboxylic acid groups (broad SMARTS) is 1. The lowest BCUT2D eigenvalue weighted by atomic mass is 10.0. The SMILES string of the molecule is CC(C)/C=C/CC(C)CC(=O)O. The van der Waals surface area contributed by atoms with Crippen molar-refractivity contribution in [2.45, 2.75) is 33.6 Å². The Kier molecular flexibility index (Phi) is 5.43. The highest BCUT2D eigenvalue weighted by molar-refractivity contribution is 5.66. The molecule has 1 unspecified atom stereocenters. The summed E-state index contributed by atoms with van der Waals surface area (Å²) in [5.74, 6) is 0.0972. The first kappa shape index (κ1) is 11.2. The molecule has 0 spiro atoms. The van der Waals surface area contributed by atoms with Crippen LogP contribution in [0.3, 0.4) is 0 Å². The van der Waals surface area contributed by atoms with Crippen LogP contribution in [0.1, 0.15) is 33.6 Å². The molecule has 0 aromatic heterocycles. The summed E-state index contributed by atoms with van der Waals surface area (Å²) in [6.07, 6.45) is 5.31. The lowest BCUT2D eigenvalue weighted by molar-refractivity contribution is -0.137. The molecule has 0 heterocycles. The molecule has 0 amide bonds. The first-order chi connectivity index (χ1) is 5.52. The number of aliphatic carboxylic acids is 1. The Morgan fingerprint density at radius 2 is 2.00 bits per heavy atom. The summed E-state index contributed by atoms with van der Waals surface area (Å²) < 4.78 is 0. The van der Waals surface area contributed by atoms with Gasteiger partial charge in [-0.15, -0.1) is 0 Å². The van der Waals surface area contributed by atoms with Crippen LogP contribution in [-0.4, -0.2) is 11.1 Å². The van der Waals surface area contributed by atoms with Crippen molar-refractivity contribution >= 4 is 5.97 Å². The van der Waals surface area contributed by atoms with Gasteiger partial charge in [-0.3, -0.25) is 4.79 Å². The quantitative estimate of drug-likeness (QED) is 0.644. The molecule has 0 aliphatic heterocycles. The molecule has 2 heteroatoms. The summed E-state index contributed by atoms with van der Waals surface area (Å²) in [4.78, 5) is 10.3. The Bertz CT molecular complexity index is 159. The fourth-order valence-corrected chi connectivity index (χ4v) is 0.964. The average molecular weight is 170 g/mol. The number of rotatable bonds is 5. The van der Waals surface area contributed by atoms with Crippen molar-refractivity contribution in [2.75, 3.05) is 0 Å². The van der Waals surface area contributed by atoms with Crippen molar-refractivity contribution in [1.82, 2.24) is 0 Å². The number of hydrogen-bond acceptors (Lipinski definition) is 1. The fraction of sp³-hybridized carbons (Fsp3) is 0.700. The van der Waals surface area contributed by atoms with Crippen LogP contribution in [0.25, 0.3) is 0 Å². The van der Waals surface area contributed by atoms with Crippen LogP contribution in [0.4, 0.5) is 0 Å². The fourth-order valence-electron chi connectivity index (χ4n) is 0.964. The molecule has 1 N–H and O–H groups in total. The third-order valence-corrected chi connectivity index (χ3v) is 1.58. The van der Waals surface area contributed by atoms with Crippen molar-refractivity contribution in [3.05, 3.63) is 12.2 Å². The predicted octanol–water partition coefficient (Wildman–Crippen LogP) is 2.70. The predicted molar refractivity (Wildman–Crippen MR) is 50.0 cm³/mol. The molecule has 0 aliphatic carbocycles. The molecule has 0 saturated heterocycles. The summed E-state index contributed by atoms with van der Waals surface area (Å²) in [5.41, 5.74) is 0. The van der Waals surface area contributed by atoms with Gasteiger partial charge in [0.25, 0.3) is 0 Å². The molecular formula is C10H18O2. The van der Waals surface area contributed by atoms with Gasteiger partial charge in [-0.25, -0.2) is 0 Å². The molecule has 1 atom stereocenters. The Morgan fingerprint density at radius 1 is 1.42 bits per heavy atom. The third-order valence-electron chi connectivity index (χ3n) is 1.58. The van der Waals surface area contributed by atoms with Crippen molar-refractivity contribution in [3.63, 3.8) is 0 Å². The molecule has 0 saturated carbocycles. The molecule has 12 heavy (non-hydrogen) atoms. The van der Waals surface area contributed by atoms with Gasteiger partial charge in [0.05, 0.1) is 0 Å². The maximum Gasteiger partial charge on any atom is 0.303 e. The first-order valence-corrected chi connectivity index (χ1v) is 4.40. The zero-order valence-corrected chi connectivity index (χ0v) is 8.08. The third kappa shape index (κ3) is 7.32. The monoisotopic (exact) mass is 170 g/mol. The lowest BCUT2D eigenvalue weighted by Gasteiger charge is -2.03. The van der Waals surface area contributed by atoms with Gasteiger partial charge in [-0.1, -0.05) is 32.9 Å². The number of carboxylic acids is 1. The molecule has 0 aromatic rings. The lowest BCUT2D eigenvalue weighted by Crippen LogP contribution is -2.02. The van der Waals surface area contributed by atoms with Gasteiger partial charge in [0.1, 0.15) is 0 Å². The minimum Gasteiger partial charge on any atom is -0.481 e. The molecular weight excluding hydrogens is 152 g/mol. The summed E-state index contributed by atoms with van der Waals surface area (Å²) in [7, 11) is 0. The number of carbonyl (C=O) groups is 1. The van der Waals surface area contributed by atoms with E-state index in [2.05, 4.69) is 26.0 Å². The van der Waals surface area contributed by atoms with Gasteiger partial charge in [-0.05, 0) is 18.3 Å². The highest BCUT2D eigenvalue weighted by Gasteiger charge is 2.04. The maximum absolute atomic E-state index is 10.3. The van der Waals surface area contributed by atoms with Crippen LogP contribution in [0.15, 0.2) is 12.2 Å². The molecule has 0 bridgehead atoms. The number of hydrogen-bond donors (Lipinski definition) is 1. The molecule has 0 aromatic carbocycles. The van der Waals surface area contributed by atoms with E-state index in [9.17, 15) is 4.79 Å². The van der Waals surface area contributed by atoms with Gasteiger partial charge in [0.2, 0.25) is 0 Å². The van der Waals surface area contributed by atoms with E-state index >= 15 is 0 Å². The Balaban J connectivity index is 3.56. The highest BCUT2D eigenvalue weighted by Crippen LogP contribution is 2.08. The topological polar surface area (TPSA) is 37.3 Å². The molecule has 0 fully saturated rings. The summed E-state index contributed by atoms with van der Waals surface area (Å²) in [6, 6.07) is 0. The van der Waals surface area contributed by atoms with Crippen molar-refractivity contribution < 1.29 is 9.90 Å². The average Bonchev–Trinajstić information content (AvgIpc) is 1.84. The zero-order valence-electron chi connectivity index (χ0n) is 8.08. The Morgan fingerprint density at radius 3 is 2.42 bits per heavy atom. The van der Waals surface area contributed by atoms with Crippen molar-refractivity contribution in [2.24, 2.45) is 11.8 Å². The largest absolute Gasteiger partial charge is 0.481 e. The second kappa shape index (κ2) is 5.81. The van der Waals surface area contributed by atoms with Crippen LogP contribution in [0.5, 0.6) is 0 Å². The van der Waals surface area contributed by atoms with E-state index in [1.54, 1.807) is 0 Å². The van der Waals surface area contributed by atoms with E-state index in [4.69, 9.17) is 5.11 Å². The van der Waals surface area contributed by atoms with Gasteiger partial charge >= 0.3 is 5.97 Å². The van der Waals surface area contributed by atoms with Crippen LogP contribution < -0.4 is 0 Å². The smallest absolute Gasteiger partial charge is 0.303 e. The van der Waals surface area contributed by atoms with Crippen LogP contribution in [0.2, 0.25) is 0 Å². The molecule has 0 rings (SSSR count). The van der Waals surface area contributed by atoms with E-state index in [0.717, 1.165) is 6.42 Å². The Labute approximate surface area is 74.3 Å². The normalized spacial score (nSPS) is 14.0. The second-order valence-electron chi connectivity index (χ2n) is 3.61. The van der Waals surface area contributed by atoms with Crippen LogP contribution in [0, 0.1) is 11.8 Å². The van der Waals surface area contributed by atoms with E-state index in [-0.39, 0.29) is 12.3 Å². The van der Waals surface area contributed by atoms with E-state index < -0.39 is 5.97 Å². The zero-order chi connectivity index (χ0) is 9.56. The van der Waals surface area contributed by atoms with Gasteiger partial charge in [0, 0.05) is 6.42 Å². The van der Waals surface area contributed by atoms with Crippen molar-refractivity contribution in [1.29, 1.82) is 0 Å². The van der Waals surface area contributed by atoms with Gasteiger partial charge < -0.3 is 5.11 Å². The molecule has 70 valence electrons. The van der Waals surface area contributed by atoms with Gasteiger partial charge in [-0.2, -0.15) is 0 Å². The minimum atomic E-state index is -0.708. The summed E-state index contributed by atoms with van der Waals surface area (Å²) in [6.45, 7) is 6.18. The number of allylic oxidation sites excluding steroid dienone is 2. The van der Waals surface area contributed by atoms with E-state index in [1.807, 2.05) is 6.92 Å². The highest BCUT2D eigenvalue weighted by atomic mass is 16.4. The van der Waals surface area contributed by atoms with Gasteiger partial charge in [0.15, 0.2) is 0 Å². The first-order valence-electron chi connectivity index (χ1n) is 4.40. The van der Waals surface area contributed by atoms with Crippen molar-refractivity contribution in [3.8, 4) is 0 Å². The summed E-state index contributed by atoms with van der Waals surface area (Å²) >= 11 is 0. The minimum absolute atomic E-state index is 0.248. The molecule has 0 aliphatic rings. The maximum atomic E-state index is 10.3. The molecule has 0 radical (unpaired) electrons. The Hall–Kier alpha value is -0.790. The summed E-state index contributed by atoms with van der Waals surface area (Å²) in [5, 5.41) is 8.47. The molecule has 2 nitrogen and oxygen atoms in total. The standard InChI is InChI=1S/C10H18O2/c1-8(2)5-4-6-9(3)7-10(11)12/h4-5,8-9H,6-7H2,1-3H3,(H,11,12)/b5-4+.